The fraction of sp³-hybridized carbons (Fsp3) is 0.455. The summed E-state index contributed by atoms with van der Waals surface area (Å²) in [5.74, 6) is -1.04. The standard InChI is InChI=1S/C11H16FNO5S2/c1-8(14)5-6-13-20(17,18)11-7-9(19(2,15)16)3-4-10(11)12/h3-4,7-8,13-14H,5-6H2,1-2H3. The molecule has 0 spiro atoms. The summed E-state index contributed by atoms with van der Waals surface area (Å²) in [5, 5.41) is 9.04. The van der Waals surface area contributed by atoms with E-state index in [1.54, 1.807) is 0 Å². The van der Waals surface area contributed by atoms with Gasteiger partial charge in [-0.25, -0.2) is 25.9 Å². The Morgan fingerprint density at radius 3 is 2.40 bits per heavy atom. The normalized spacial score (nSPS) is 14.2. The molecule has 6 nitrogen and oxygen atoms in total. The Hall–Kier alpha value is -1.03. The number of hydrogen-bond acceptors (Lipinski definition) is 5. The summed E-state index contributed by atoms with van der Waals surface area (Å²) < 4.78 is 62.2. The second-order valence-corrected chi connectivity index (χ2v) is 8.15. The van der Waals surface area contributed by atoms with E-state index in [-0.39, 0.29) is 17.9 Å². The average Bonchev–Trinajstić information content (AvgIpc) is 2.26. The van der Waals surface area contributed by atoms with Crippen molar-refractivity contribution in [1.29, 1.82) is 0 Å². The molecule has 1 unspecified atom stereocenters. The van der Waals surface area contributed by atoms with Gasteiger partial charge in [0.1, 0.15) is 10.7 Å². The Balaban J connectivity index is 3.12. The summed E-state index contributed by atoms with van der Waals surface area (Å²) in [6.07, 6.45) is 0.356. The maximum absolute atomic E-state index is 13.6. The molecule has 0 aromatic heterocycles. The van der Waals surface area contributed by atoms with Crippen molar-refractivity contribution in [3.8, 4) is 0 Å². The minimum atomic E-state index is -4.17. The second kappa shape index (κ2) is 6.17. The van der Waals surface area contributed by atoms with Gasteiger partial charge in [-0.2, -0.15) is 0 Å². The monoisotopic (exact) mass is 325 g/mol. The number of sulfonamides is 1. The van der Waals surface area contributed by atoms with E-state index < -0.39 is 36.7 Å². The van der Waals surface area contributed by atoms with E-state index in [1.165, 1.54) is 6.92 Å². The van der Waals surface area contributed by atoms with Crippen LogP contribution < -0.4 is 4.72 Å². The molecule has 1 atom stereocenters. The molecular weight excluding hydrogens is 309 g/mol. The number of aliphatic hydroxyl groups is 1. The molecule has 0 saturated heterocycles. The highest BCUT2D eigenvalue weighted by atomic mass is 32.2. The lowest BCUT2D eigenvalue weighted by molar-refractivity contribution is 0.186. The average molecular weight is 325 g/mol. The lowest BCUT2D eigenvalue weighted by Crippen LogP contribution is -2.27. The minimum absolute atomic E-state index is 0.0808. The van der Waals surface area contributed by atoms with E-state index in [2.05, 4.69) is 4.72 Å². The quantitative estimate of drug-likeness (QED) is 0.732. The third kappa shape index (κ3) is 4.51. The lowest BCUT2D eigenvalue weighted by Gasteiger charge is -2.09. The second-order valence-electron chi connectivity index (χ2n) is 4.40. The maximum Gasteiger partial charge on any atom is 0.243 e. The number of sulfone groups is 1. The molecule has 0 heterocycles. The molecule has 1 rings (SSSR count). The van der Waals surface area contributed by atoms with Gasteiger partial charge < -0.3 is 5.11 Å². The Morgan fingerprint density at radius 1 is 1.30 bits per heavy atom. The largest absolute Gasteiger partial charge is 0.393 e. The first-order valence-electron chi connectivity index (χ1n) is 5.71. The SMILES string of the molecule is CC(O)CCNS(=O)(=O)c1cc(S(C)(=O)=O)ccc1F. The highest BCUT2D eigenvalue weighted by Gasteiger charge is 2.21. The number of hydrogen-bond donors (Lipinski definition) is 2. The van der Waals surface area contributed by atoms with Crippen molar-refractivity contribution in [2.75, 3.05) is 12.8 Å². The van der Waals surface area contributed by atoms with Crippen LogP contribution in [-0.4, -0.2) is 40.8 Å². The zero-order valence-electron chi connectivity index (χ0n) is 11.0. The van der Waals surface area contributed by atoms with Gasteiger partial charge in [-0.15, -0.1) is 0 Å². The lowest BCUT2D eigenvalue weighted by atomic mass is 10.3. The number of nitrogens with one attached hydrogen (secondary N) is 1. The highest BCUT2D eigenvalue weighted by molar-refractivity contribution is 7.91. The van der Waals surface area contributed by atoms with Gasteiger partial charge in [-0.1, -0.05) is 0 Å². The van der Waals surface area contributed by atoms with Crippen molar-refractivity contribution in [1.82, 2.24) is 4.72 Å². The Bertz CT molecular complexity index is 683. The van der Waals surface area contributed by atoms with Crippen LogP contribution in [0.25, 0.3) is 0 Å². The Morgan fingerprint density at radius 2 is 1.90 bits per heavy atom. The van der Waals surface area contributed by atoms with E-state index >= 15 is 0 Å². The Kier molecular flexibility index (Phi) is 5.25. The van der Waals surface area contributed by atoms with Crippen LogP contribution in [0.3, 0.4) is 0 Å². The van der Waals surface area contributed by atoms with Crippen LogP contribution in [0.1, 0.15) is 13.3 Å². The molecule has 2 N–H and O–H groups in total. The molecule has 114 valence electrons. The molecule has 0 bridgehead atoms. The smallest absolute Gasteiger partial charge is 0.243 e. The number of rotatable bonds is 6. The van der Waals surface area contributed by atoms with Crippen molar-refractivity contribution >= 4 is 19.9 Å². The van der Waals surface area contributed by atoms with Crippen molar-refractivity contribution in [2.24, 2.45) is 0 Å². The van der Waals surface area contributed by atoms with Crippen LogP contribution in [-0.2, 0) is 19.9 Å². The van der Waals surface area contributed by atoms with E-state index in [1.807, 2.05) is 0 Å². The topological polar surface area (TPSA) is 101 Å². The van der Waals surface area contributed by atoms with Gasteiger partial charge in [-0.05, 0) is 31.5 Å². The molecule has 0 saturated carbocycles. The van der Waals surface area contributed by atoms with Crippen molar-refractivity contribution in [2.45, 2.75) is 29.2 Å². The Labute approximate surface area is 117 Å². The van der Waals surface area contributed by atoms with E-state index in [0.29, 0.717) is 0 Å². The fourth-order valence-electron chi connectivity index (χ4n) is 1.40. The first kappa shape index (κ1) is 17.0. The summed E-state index contributed by atoms with van der Waals surface area (Å²) in [4.78, 5) is -1.01. The van der Waals surface area contributed by atoms with E-state index in [4.69, 9.17) is 5.11 Å². The number of halogens is 1. The van der Waals surface area contributed by atoms with Crippen molar-refractivity contribution in [3.63, 3.8) is 0 Å². The van der Waals surface area contributed by atoms with Crippen molar-refractivity contribution < 1.29 is 26.3 Å². The summed E-state index contributed by atoms with van der Waals surface area (Å²) in [6.45, 7) is 1.40. The molecule has 0 amide bonds. The van der Waals surface area contributed by atoms with Crippen LogP contribution in [0, 0.1) is 5.82 Å². The van der Waals surface area contributed by atoms with E-state index in [9.17, 15) is 21.2 Å². The first-order valence-corrected chi connectivity index (χ1v) is 9.09. The van der Waals surface area contributed by atoms with Gasteiger partial charge in [-0.3, -0.25) is 0 Å². The third-order valence-electron chi connectivity index (χ3n) is 2.47. The zero-order chi connectivity index (χ0) is 15.6. The minimum Gasteiger partial charge on any atom is -0.393 e. The molecule has 1 aromatic carbocycles. The summed E-state index contributed by atoms with van der Waals surface area (Å²) >= 11 is 0. The molecular formula is C11H16FNO5S2. The van der Waals surface area contributed by atoms with Gasteiger partial charge in [0.2, 0.25) is 10.0 Å². The van der Waals surface area contributed by atoms with Crippen molar-refractivity contribution in [3.05, 3.63) is 24.0 Å². The third-order valence-corrected chi connectivity index (χ3v) is 5.06. The van der Waals surface area contributed by atoms with Gasteiger partial charge >= 0.3 is 0 Å². The van der Waals surface area contributed by atoms with Gasteiger partial charge in [0, 0.05) is 12.8 Å². The van der Waals surface area contributed by atoms with Crippen LogP contribution >= 0.6 is 0 Å². The molecule has 9 heteroatoms. The predicted molar refractivity (Wildman–Crippen MR) is 71.0 cm³/mol. The van der Waals surface area contributed by atoms with Gasteiger partial charge in [0.25, 0.3) is 0 Å². The van der Waals surface area contributed by atoms with Crippen LogP contribution in [0.5, 0.6) is 0 Å². The van der Waals surface area contributed by atoms with Crippen LogP contribution in [0.15, 0.2) is 28.0 Å². The summed E-state index contributed by atoms with van der Waals surface area (Å²) in [7, 11) is -7.81. The van der Waals surface area contributed by atoms with Gasteiger partial charge in [0.15, 0.2) is 9.84 Å². The predicted octanol–water partition coefficient (Wildman–Crippen LogP) is 0.278. The summed E-state index contributed by atoms with van der Waals surface area (Å²) in [5.41, 5.74) is 0. The van der Waals surface area contributed by atoms with Crippen LogP contribution in [0.2, 0.25) is 0 Å². The highest BCUT2D eigenvalue weighted by Crippen LogP contribution is 2.19. The van der Waals surface area contributed by atoms with Crippen LogP contribution in [0.4, 0.5) is 4.39 Å². The molecule has 1 aromatic rings. The zero-order valence-corrected chi connectivity index (χ0v) is 12.6. The maximum atomic E-state index is 13.6. The summed E-state index contributed by atoms with van der Waals surface area (Å²) in [6, 6.07) is 2.56. The number of benzene rings is 1. The number of aliphatic hydroxyl groups excluding tert-OH is 1. The molecule has 0 aliphatic rings. The molecule has 20 heavy (non-hydrogen) atoms. The van der Waals surface area contributed by atoms with E-state index in [0.717, 1.165) is 24.5 Å². The van der Waals surface area contributed by atoms with Gasteiger partial charge in [0.05, 0.1) is 11.0 Å². The first-order chi connectivity index (χ1) is 9.04. The molecule has 0 radical (unpaired) electrons. The fourth-order valence-corrected chi connectivity index (χ4v) is 3.27. The molecule has 0 aliphatic heterocycles. The molecule has 0 fully saturated rings. The molecule has 0 aliphatic carbocycles.